The van der Waals surface area contributed by atoms with Crippen molar-refractivity contribution in [3.63, 3.8) is 0 Å². The number of sulfonamides is 1. The Morgan fingerprint density at radius 2 is 2.23 bits per heavy atom. The van der Waals surface area contributed by atoms with Gasteiger partial charge in [-0.15, -0.1) is 17.9 Å². The lowest BCUT2D eigenvalue weighted by atomic mass is 10.2. The number of fused-ring (bicyclic) bond motifs is 1. The number of benzene rings is 1. The van der Waals surface area contributed by atoms with Crippen molar-refractivity contribution >= 4 is 48.8 Å². The number of thiazole rings is 1. The minimum absolute atomic E-state index is 0.249. The third-order valence-corrected chi connectivity index (χ3v) is 9.35. The summed E-state index contributed by atoms with van der Waals surface area (Å²) in [7, 11) is -3.70. The molecule has 0 N–H and O–H groups in total. The molecule has 3 heterocycles. The topological polar surface area (TPSA) is 81.0 Å². The molecule has 0 radical (unpaired) electrons. The molecule has 1 saturated heterocycles. The Morgan fingerprint density at radius 3 is 2.94 bits per heavy atom. The molecule has 2 aromatic heterocycles. The maximum atomic E-state index is 13.1. The molecule has 0 aliphatic carbocycles. The van der Waals surface area contributed by atoms with Crippen LogP contribution >= 0.6 is 22.7 Å². The fraction of sp³-hybridized carbons (Fsp3) is 0.333. The average molecular weight is 478 g/mol. The number of carbonyl (C=O) groups is 1. The zero-order chi connectivity index (χ0) is 22.0. The van der Waals surface area contributed by atoms with E-state index in [1.54, 1.807) is 23.6 Å². The largest absolute Gasteiger partial charge is 0.494 e. The first-order chi connectivity index (χ1) is 15.0. The molecule has 0 bridgehead atoms. The average Bonchev–Trinajstić information content (AvgIpc) is 3.49. The van der Waals surface area contributed by atoms with Crippen LogP contribution in [0.2, 0.25) is 0 Å². The van der Waals surface area contributed by atoms with Crippen molar-refractivity contribution in [1.82, 2.24) is 8.87 Å². The summed E-state index contributed by atoms with van der Waals surface area (Å²) in [5.74, 6) is 0.316. The van der Waals surface area contributed by atoms with Crippen molar-refractivity contribution in [2.75, 3.05) is 13.2 Å². The Balaban J connectivity index is 1.72. The summed E-state index contributed by atoms with van der Waals surface area (Å²) in [6.07, 6.45) is 2.84. The van der Waals surface area contributed by atoms with E-state index in [1.165, 1.54) is 15.6 Å². The molecule has 164 valence electrons. The van der Waals surface area contributed by atoms with Crippen LogP contribution in [0.1, 0.15) is 19.8 Å². The van der Waals surface area contributed by atoms with Gasteiger partial charge in [-0.3, -0.25) is 4.79 Å². The Kier molecular flexibility index (Phi) is 6.42. The van der Waals surface area contributed by atoms with Crippen LogP contribution in [0, 0.1) is 0 Å². The van der Waals surface area contributed by atoms with Crippen molar-refractivity contribution in [3.05, 3.63) is 53.2 Å². The quantitative estimate of drug-likeness (QED) is 0.487. The Bertz CT molecular complexity index is 1270. The zero-order valence-corrected chi connectivity index (χ0v) is 19.5. The maximum Gasteiger partial charge on any atom is 0.266 e. The third-order valence-electron chi connectivity index (χ3n) is 5.03. The van der Waals surface area contributed by atoms with Crippen molar-refractivity contribution in [1.29, 1.82) is 0 Å². The highest BCUT2D eigenvalue weighted by Gasteiger charge is 2.39. The molecule has 1 unspecified atom stereocenters. The molecular weight excluding hydrogens is 454 g/mol. The number of aromatic nitrogens is 1. The lowest BCUT2D eigenvalue weighted by Crippen LogP contribution is -2.40. The molecule has 10 heteroatoms. The van der Waals surface area contributed by atoms with Gasteiger partial charge in [0.2, 0.25) is 0 Å². The summed E-state index contributed by atoms with van der Waals surface area (Å²) in [6, 6.07) is 8.23. The first-order valence-electron chi connectivity index (χ1n) is 9.96. The van der Waals surface area contributed by atoms with E-state index < -0.39 is 22.0 Å². The number of rotatable bonds is 7. The molecule has 4 rings (SSSR count). The van der Waals surface area contributed by atoms with Gasteiger partial charge in [0.05, 0.1) is 16.8 Å². The zero-order valence-electron chi connectivity index (χ0n) is 17.1. The van der Waals surface area contributed by atoms with Gasteiger partial charge >= 0.3 is 0 Å². The Hall–Kier alpha value is -2.27. The number of allylic oxidation sites excluding steroid dienone is 1. The summed E-state index contributed by atoms with van der Waals surface area (Å²) >= 11 is 2.53. The van der Waals surface area contributed by atoms with Crippen LogP contribution < -0.4 is 9.54 Å². The molecule has 31 heavy (non-hydrogen) atoms. The van der Waals surface area contributed by atoms with Crippen LogP contribution in [-0.4, -0.2) is 42.4 Å². The summed E-state index contributed by atoms with van der Waals surface area (Å²) in [4.78, 5) is 18.0. The van der Waals surface area contributed by atoms with Crippen LogP contribution in [0.5, 0.6) is 5.75 Å². The number of ether oxygens (including phenoxy) is 1. The second kappa shape index (κ2) is 9.07. The van der Waals surface area contributed by atoms with Crippen LogP contribution in [-0.2, 0) is 21.4 Å². The van der Waals surface area contributed by atoms with E-state index in [2.05, 4.69) is 11.6 Å². The van der Waals surface area contributed by atoms with E-state index in [-0.39, 0.29) is 4.21 Å². The molecule has 1 aliphatic rings. The van der Waals surface area contributed by atoms with Crippen molar-refractivity contribution < 1.29 is 17.9 Å². The first kappa shape index (κ1) is 21.9. The number of thiophene rings is 1. The molecule has 1 aliphatic heterocycles. The van der Waals surface area contributed by atoms with E-state index in [4.69, 9.17) is 4.74 Å². The molecule has 0 saturated carbocycles. The van der Waals surface area contributed by atoms with E-state index in [1.807, 2.05) is 29.7 Å². The van der Waals surface area contributed by atoms with Gasteiger partial charge in [0.15, 0.2) is 4.80 Å². The molecular formula is C21H23N3O4S3. The molecule has 7 nitrogen and oxygen atoms in total. The molecule has 1 amide bonds. The van der Waals surface area contributed by atoms with E-state index in [9.17, 15) is 13.2 Å². The fourth-order valence-corrected chi connectivity index (χ4v) is 7.51. The fourth-order valence-electron chi connectivity index (χ4n) is 3.67. The van der Waals surface area contributed by atoms with Gasteiger partial charge in [0.1, 0.15) is 16.0 Å². The van der Waals surface area contributed by atoms with Crippen LogP contribution in [0.15, 0.2) is 57.6 Å². The van der Waals surface area contributed by atoms with Gasteiger partial charge in [0.25, 0.3) is 15.9 Å². The predicted octanol–water partition coefficient (Wildman–Crippen LogP) is 3.63. The standard InChI is InChI=1S/C21H23N3O4S3/c1-3-11-23-16-10-9-15(28-4-2)14-18(16)30-21(23)22-20(25)17-7-5-12-24(17)31(26,27)19-8-6-13-29-19/h3,6,8-10,13-14,17H,1,4-5,7,11-12H2,2H3. The number of carbonyl (C=O) groups excluding carboxylic acids is 1. The number of nitrogens with zero attached hydrogens (tertiary/aromatic N) is 3. The minimum atomic E-state index is -3.70. The molecule has 1 aromatic carbocycles. The minimum Gasteiger partial charge on any atom is -0.494 e. The van der Waals surface area contributed by atoms with Crippen LogP contribution in [0.4, 0.5) is 0 Å². The smallest absolute Gasteiger partial charge is 0.266 e. The molecule has 3 aromatic rings. The van der Waals surface area contributed by atoms with Crippen LogP contribution in [0.3, 0.4) is 0 Å². The molecule has 0 spiro atoms. The van der Waals surface area contributed by atoms with E-state index in [0.717, 1.165) is 27.3 Å². The summed E-state index contributed by atoms with van der Waals surface area (Å²) < 4.78 is 35.9. The van der Waals surface area contributed by atoms with Crippen molar-refractivity contribution in [3.8, 4) is 5.75 Å². The number of hydrogen-bond donors (Lipinski definition) is 0. The third kappa shape index (κ3) is 4.25. The SMILES string of the molecule is C=CCn1c(=NC(=O)C2CCCN2S(=O)(=O)c2cccs2)sc2cc(OCC)ccc21. The Morgan fingerprint density at radius 1 is 1.39 bits per heavy atom. The highest BCUT2D eigenvalue weighted by molar-refractivity contribution is 7.91. The van der Waals surface area contributed by atoms with Gasteiger partial charge in [0, 0.05) is 13.1 Å². The van der Waals surface area contributed by atoms with Gasteiger partial charge in [-0.05, 0) is 49.4 Å². The van der Waals surface area contributed by atoms with Gasteiger partial charge in [-0.1, -0.05) is 23.5 Å². The number of hydrogen-bond acceptors (Lipinski definition) is 6. The normalized spacial score (nSPS) is 18.0. The van der Waals surface area contributed by atoms with Crippen LogP contribution in [0.25, 0.3) is 10.2 Å². The molecule has 1 fully saturated rings. The van der Waals surface area contributed by atoms with Gasteiger partial charge in [-0.2, -0.15) is 9.30 Å². The highest BCUT2D eigenvalue weighted by Crippen LogP contribution is 2.29. The lowest BCUT2D eigenvalue weighted by molar-refractivity contribution is -0.121. The summed E-state index contributed by atoms with van der Waals surface area (Å²) in [5.41, 5.74) is 0.925. The maximum absolute atomic E-state index is 13.1. The van der Waals surface area contributed by atoms with Crippen molar-refractivity contribution in [2.45, 2.75) is 36.6 Å². The van der Waals surface area contributed by atoms with E-state index >= 15 is 0 Å². The first-order valence-corrected chi connectivity index (χ1v) is 13.1. The number of amides is 1. The van der Waals surface area contributed by atoms with E-state index in [0.29, 0.717) is 37.3 Å². The second-order valence-electron chi connectivity index (χ2n) is 7.00. The summed E-state index contributed by atoms with van der Waals surface area (Å²) in [6.45, 7) is 7.11. The lowest BCUT2D eigenvalue weighted by Gasteiger charge is -2.20. The van der Waals surface area contributed by atoms with Gasteiger partial charge in [-0.25, -0.2) is 8.42 Å². The predicted molar refractivity (Wildman–Crippen MR) is 123 cm³/mol. The van der Waals surface area contributed by atoms with Crippen molar-refractivity contribution in [2.24, 2.45) is 4.99 Å². The summed E-state index contributed by atoms with van der Waals surface area (Å²) in [5, 5.41) is 1.72. The molecule has 1 atom stereocenters. The Labute approximate surface area is 189 Å². The van der Waals surface area contributed by atoms with Gasteiger partial charge < -0.3 is 9.30 Å². The highest BCUT2D eigenvalue weighted by atomic mass is 32.2. The second-order valence-corrected chi connectivity index (χ2v) is 11.1. The monoisotopic (exact) mass is 477 g/mol.